The number of carbonyl (C=O) groups is 4. The molecule has 2 aromatic rings. The second-order valence-corrected chi connectivity index (χ2v) is 9.49. The number of fused-ring (bicyclic) bond motifs is 1. The van der Waals surface area contributed by atoms with E-state index in [1.807, 2.05) is 0 Å². The predicted molar refractivity (Wildman–Crippen MR) is 127 cm³/mol. The van der Waals surface area contributed by atoms with Crippen molar-refractivity contribution >= 4 is 57.7 Å². The number of carboxylic acid groups (broad SMARTS) is 2. The first-order valence-corrected chi connectivity index (χ1v) is 12.0. The first-order valence-electron chi connectivity index (χ1n) is 10.1. The number of aromatic nitrogens is 1. The molecule has 0 spiro atoms. The fourth-order valence-electron chi connectivity index (χ4n) is 3.73. The van der Waals surface area contributed by atoms with E-state index < -0.39 is 35.2 Å². The number of aromatic carboxylic acids is 1. The van der Waals surface area contributed by atoms with Crippen LogP contribution in [0.5, 0.6) is 0 Å². The molecule has 12 nitrogen and oxygen atoms in total. The van der Waals surface area contributed by atoms with Gasteiger partial charge in [-0.05, 0) is 29.7 Å². The van der Waals surface area contributed by atoms with Gasteiger partial charge in [-0.1, -0.05) is 17.3 Å². The summed E-state index contributed by atoms with van der Waals surface area (Å²) >= 11 is 2.43. The number of β-lactam (4-membered cyclic amide) rings is 1. The van der Waals surface area contributed by atoms with Crippen LogP contribution in [0.4, 0.5) is 5.13 Å². The van der Waals surface area contributed by atoms with Gasteiger partial charge in [-0.3, -0.25) is 14.5 Å². The summed E-state index contributed by atoms with van der Waals surface area (Å²) in [5.41, 5.74) is 6.86. The summed E-state index contributed by atoms with van der Waals surface area (Å²) < 4.78 is 0. The zero-order chi connectivity index (χ0) is 25.3. The van der Waals surface area contributed by atoms with Crippen LogP contribution in [0.3, 0.4) is 0 Å². The Hall–Kier alpha value is -3.91. The molecule has 0 aliphatic carbocycles. The first kappa shape index (κ1) is 24.2. The van der Waals surface area contributed by atoms with E-state index in [1.165, 1.54) is 36.4 Å². The largest absolute Gasteiger partial charge is 0.478 e. The molecule has 182 valence electrons. The van der Waals surface area contributed by atoms with E-state index in [9.17, 15) is 24.3 Å². The zero-order valence-electron chi connectivity index (χ0n) is 18.1. The Bertz CT molecular complexity index is 1270. The lowest BCUT2D eigenvalue weighted by Gasteiger charge is -2.49. The first-order chi connectivity index (χ1) is 16.7. The third-order valence-corrected chi connectivity index (χ3v) is 7.33. The number of nitrogens with zero attached hydrogens (tertiary/aromatic N) is 3. The molecular formula is C21H19N5O7S2. The number of nitrogen functional groups attached to an aromatic ring is 1. The summed E-state index contributed by atoms with van der Waals surface area (Å²) in [5, 5.41) is 26.3. The summed E-state index contributed by atoms with van der Waals surface area (Å²) in [6.45, 7) is 0. The Labute approximate surface area is 206 Å². The molecular weight excluding hydrogens is 498 g/mol. The highest BCUT2D eigenvalue weighted by Crippen LogP contribution is 2.41. The number of hydrogen-bond acceptors (Lipinski definition) is 10. The van der Waals surface area contributed by atoms with Crippen molar-refractivity contribution in [3.63, 3.8) is 0 Å². The van der Waals surface area contributed by atoms with Crippen molar-refractivity contribution < 1.29 is 34.2 Å². The van der Waals surface area contributed by atoms with Gasteiger partial charge in [0.05, 0.1) is 5.56 Å². The number of carboxylic acids is 2. The van der Waals surface area contributed by atoms with Crippen molar-refractivity contribution in [2.45, 2.75) is 17.8 Å². The highest BCUT2D eigenvalue weighted by Gasteiger charge is 2.54. The smallest absolute Gasteiger partial charge is 0.352 e. The second kappa shape index (κ2) is 9.76. The van der Waals surface area contributed by atoms with E-state index in [0.29, 0.717) is 16.9 Å². The van der Waals surface area contributed by atoms with Gasteiger partial charge in [-0.25, -0.2) is 14.6 Å². The average Bonchev–Trinajstić information content (AvgIpc) is 3.26. The number of aliphatic carboxylic acids is 1. The highest BCUT2D eigenvalue weighted by atomic mass is 32.2. The summed E-state index contributed by atoms with van der Waals surface area (Å²) in [6.07, 6.45) is 0.234. The third kappa shape index (κ3) is 4.70. The maximum atomic E-state index is 12.9. The molecule has 0 radical (unpaired) electrons. The van der Waals surface area contributed by atoms with Crippen LogP contribution in [-0.2, 0) is 25.6 Å². The number of thioether (sulfide) groups is 1. The number of carbonyl (C=O) groups excluding carboxylic acids is 2. The van der Waals surface area contributed by atoms with E-state index in [1.54, 1.807) is 12.1 Å². The normalized spacial score (nSPS) is 19.6. The van der Waals surface area contributed by atoms with E-state index >= 15 is 0 Å². The van der Waals surface area contributed by atoms with Crippen molar-refractivity contribution in [1.29, 1.82) is 0 Å². The summed E-state index contributed by atoms with van der Waals surface area (Å²) in [6, 6.07) is 5.13. The summed E-state index contributed by atoms with van der Waals surface area (Å²) in [5.74, 6) is -3.29. The van der Waals surface area contributed by atoms with Gasteiger partial charge in [-0.15, -0.1) is 23.1 Å². The van der Waals surface area contributed by atoms with Crippen LogP contribution in [0.2, 0.25) is 0 Å². The van der Waals surface area contributed by atoms with Gasteiger partial charge < -0.3 is 26.1 Å². The standard InChI is InChI=1S/C21H19N5O7S2/c1-33-25-13(12-8-35-21(22)23-12)16(27)24-14-17(28)26-15(20(31)32)11(7-34-18(14)26)6-9-2-4-10(5-3-9)19(29)30/h2-5,8,14,18H,6-7H2,1H3,(H2,22,23)(H,24,27)(H,29,30)(H,31,32)/b25-13-/t14-,18-/m1/s1. The van der Waals surface area contributed by atoms with Gasteiger partial charge >= 0.3 is 11.9 Å². The Morgan fingerprint density at radius 2 is 1.97 bits per heavy atom. The molecule has 3 heterocycles. The van der Waals surface area contributed by atoms with Gasteiger partial charge in [0, 0.05) is 11.1 Å². The monoisotopic (exact) mass is 517 g/mol. The third-order valence-electron chi connectivity index (χ3n) is 5.32. The molecule has 1 saturated heterocycles. The summed E-state index contributed by atoms with van der Waals surface area (Å²) in [4.78, 5) is 58.7. The summed E-state index contributed by atoms with van der Waals surface area (Å²) in [7, 11) is 1.26. The van der Waals surface area contributed by atoms with E-state index in [2.05, 4.69) is 15.5 Å². The number of anilines is 1. The number of thiazole rings is 1. The van der Waals surface area contributed by atoms with E-state index in [-0.39, 0.29) is 34.2 Å². The molecule has 0 bridgehead atoms. The molecule has 4 rings (SSSR count). The molecule has 2 aliphatic heterocycles. The molecule has 35 heavy (non-hydrogen) atoms. The molecule has 0 saturated carbocycles. The van der Waals surface area contributed by atoms with Crippen molar-refractivity contribution in [2.75, 3.05) is 18.6 Å². The Morgan fingerprint density at radius 1 is 1.26 bits per heavy atom. The van der Waals surface area contributed by atoms with Gasteiger partial charge in [0.1, 0.15) is 29.9 Å². The average molecular weight is 518 g/mol. The van der Waals surface area contributed by atoms with E-state index in [0.717, 1.165) is 16.2 Å². The van der Waals surface area contributed by atoms with Crippen LogP contribution in [0.25, 0.3) is 0 Å². The quantitative estimate of drug-likeness (QED) is 0.221. The lowest BCUT2D eigenvalue weighted by molar-refractivity contribution is -0.150. The maximum Gasteiger partial charge on any atom is 0.352 e. The predicted octanol–water partition coefficient (Wildman–Crippen LogP) is 0.755. The lowest BCUT2D eigenvalue weighted by Crippen LogP contribution is -2.71. The fourth-order valence-corrected chi connectivity index (χ4v) is 5.63. The number of oxime groups is 1. The van der Waals surface area contributed by atoms with Crippen LogP contribution >= 0.6 is 23.1 Å². The number of hydrogen-bond donors (Lipinski definition) is 4. The molecule has 2 atom stereocenters. The molecule has 2 amide bonds. The van der Waals surface area contributed by atoms with E-state index in [4.69, 9.17) is 15.7 Å². The van der Waals surface area contributed by atoms with Crippen LogP contribution in [-0.4, -0.2) is 73.8 Å². The fraction of sp³-hybridized carbons (Fsp3) is 0.238. The molecule has 1 fully saturated rings. The second-order valence-electron chi connectivity index (χ2n) is 7.49. The minimum atomic E-state index is -1.26. The Kier molecular flexibility index (Phi) is 6.75. The zero-order valence-corrected chi connectivity index (χ0v) is 19.8. The number of benzene rings is 1. The van der Waals surface area contributed by atoms with Crippen molar-refractivity contribution in [3.8, 4) is 0 Å². The SMILES string of the molecule is CO/N=C(\C(=O)N[C@@H]1C(=O)N2C(C(=O)O)=C(Cc3ccc(C(=O)O)cc3)CS[C@H]12)c1csc(N)n1. The van der Waals surface area contributed by atoms with Gasteiger partial charge in [0.2, 0.25) is 0 Å². The molecule has 1 aromatic carbocycles. The van der Waals surface area contributed by atoms with Gasteiger partial charge in [-0.2, -0.15) is 0 Å². The van der Waals surface area contributed by atoms with Gasteiger partial charge in [0.15, 0.2) is 10.8 Å². The number of amides is 2. The van der Waals surface area contributed by atoms with Crippen LogP contribution in [0.1, 0.15) is 21.6 Å². The number of rotatable bonds is 8. The molecule has 0 unspecified atom stereocenters. The minimum Gasteiger partial charge on any atom is -0.478 e. The minimum absolute atomic E-state index is 0.118. The molecule has 1 aromatic heterocycles. The lowest BCUT2D eigenvalue weighted by atomic mass is 9.98. The van der Waals surface area contributed by atoms with Crippen LogP contribution in [0.15, 0.2) is 46.1 Å². The van der Waals surface area contributed by atoms with Gasteiger partial charge in [0.25, 0.3) is 11.8 Å². The topological polar surface area (TPSA) is 185 Å². The molecule has 5 N–H and O–H groups in total. The van der Waals surface area contributed by atoms with Crippen molar-refractivity contribution in [3.05, 3.63) is 57.7 Å². The van der Waals surface area contributed by atoms with Crippen molar-refractivity contribution in [2.24, 2.45) is 5.16 Å². The van der Waals surface area contributed by atoms with Crippen LogP contribution in [0, 0.1) is 0 Å². The van der Waals surface area contributed by atoms with Crippen LogP contribution < -0.4 is 11.1 Å². The highest BCUT2D eigenvalue weighted by molar-refractivity contribution is 8.00. The Balaban J connectivity index is 1.52. The molecule has 14 heteroatoms. The number of nitrogens with one attached hydrogen (secondary N) is 1. The Morgan fingerprint density at radius 3 is 2.54 bits per heavy atom. The van der Waals surface area contributed by atoms with Crippen molar-refractivity contribution in [1.82, 2.24) is 15.2 Å². The maximum absolute atomic E-state index is 12.9. The number of nitrogens with two attached hydrogens (primary N) is 1. The molecule has 2 aliphatic rings.